The lowest BCUT2D eigenvalue weighted by molar-refractivity contribution is 0.545. The highest BCUT2D eigenvalue weighted by atomic mass is 14.0. The van der Waals surface area contributed by atoms with Crippen LogP contribution in [0.25, 0.3) is 0 Å². The maximum Gasteiger partial charge on any atom is 0.0619 e. The van der Waals surface area contributed by atoms with Crippen molar-refractivity contribution >= 4 is 0 Å². The molecular weight excluding hydrogens is 216 g/mol. The molecule has 0 nitrogen and oxygen atoms in total. The third-order valence-corrected chi connectivity index (χ3v) is 2.93. The Bertz CT molecular complexity index is 491. The third-order valence-electron chi connectivity index (χ3n) is 2.93. The molecule has 0 N–H and O–H groups in total. The molecule has 0 aromatic rings. The van der Waals surface area contributed by atoms with Crippen LogP contribution in [0.5, 0.6) is 0 Å². The fourth-order valence-electron chi connectivity index (χ4n) is 1.87. The van der Waals surface area contributed by atoms with Gasteiger partial charge in [-0.25, -0.2) is 0 Å². The Balaban J connectivity index is 4.45. The van der Waals surface area contributed by atoms with E-state index in [0.29, 0.717) is 6.42 Å². The van der Waals surface area contributed by atoms with Gasteiger partial charge in [-0.05, 0) is 12.7 Å². The zero-order valence-electron chi connectivity index (χ0n) is 20.8. The summed E-state index contributed by atoms with van der Waals surface area (Å²) >= 11 is 0. The Hall–Kier alpha value is -0.520. The largest absolute Gasteiger partial charge is 0.0991 e. The number of unbranched alkanes of at least 4 members (excludes halogenated alkanes) is 9. The van der Waals surface area contributed by atoms with Crippen molar-refractivity contribution in [1.29, 1.82) is 0 Å². The minimum absolute atomic E-state index is 0.0716. The number of hydrogen-bond acceptors (Lipinski definition) is 0. The van der Waals surface area contributed by atoms with E-state index in [4.69, 9.17) is 12.3 Å². The van der Waals surface area contributed by atoms with Crippen LogP contribution in [0.3, 0.4) is 0 Å². The molecule has 0 spiro atoms. The molecule has 0 aliphatic carbocycles. The average molecular weight is 260 g/mol. The predicted molar refractivity (Wildman–Crippen MR) is 85.0 cm³/mol. The van der Waals surface area contributed by atoms with E-state index >= 15 is 0 Å². The third kappa shape index (κ3) is 15.5. The molecule has 106 valence electrons. The molecule has 0 saturated carbocycles. The Morgan fingerprint density at radius 2 is 1.50 bits per heavy atom. The van der Waals surface area contributed by atoms with Crippen molar-refractivity contribution in [2.45, 2.75) is 90.3 Å². The molecule has 0 saturated heterocycles. The van der Waals surface area contributed by atoms with E-state index in [0.717, 1.165) is 19.3 Å². The summed E-state index contributed by atoms with van der Waals surface area (Å²) in [4.78, 5) is 0. The van der Waals surface area contributed by atoms with Gasteiger partial charge in [-0.1, -0.05) is 102 Å². The van der Waals surface area contributed by atoms with Crippen molar-refractivity contribution in [2.24, 2.45) is 0 Å². The quantitative estimate of drug-likeness (QED) is 0.237. The van der Waals surface area contributed by atoms with Crippen molar-refractivity contribution in [3.8, 4) is 0 Å². The molecule has 0 amide bonds. The first kappa shape index (κ1) is 7.31. The first-order valence-electron chi connectivity index (χ1n) is 11.8. The lowest BCUT2D eigenvalue weighted by atomic mass is 10.0. The molecule has 0 aromatic heterocycles. The lowest BCUT2D eigenvalue weighted by Crippen LogP contribution is -1.82. The van der Waals surface area contributed by atoms with Crippen molar-refractivity contribution < 1.29 is 12.3 Å². The molecule has 0 radical (unpaired) electrons. The maximum atomic E-state index is 7.99. The summed E-state index contributed by atoms with van der Waals surface area (Å²) < 4.78 is 68.6. The van der Waals surface area contributed by atoms with Gasteiger partial charge in [0.15, 0.2) is 0 Å². The summed E-state index contributed by atoms with van der Waals surface area (Å²) in [6.07, 6.45) is 5.64. The minimum atomic E-state index is -2.74. The molecule has 0 fully saturated rings. The van der Waals surface area contributed by atoms with E-state index in [2.05, 4.69) is 6.92 Å². The Kier molecular flexibility index (Phi) is 6.69. The number of allylic oxidation sites excluding steroid dienone is 3. The average Bonchev–Trinajstić information content (AvgIpc) is 2.60. The molecule has 0 atom stereocenters. The Morgan fingerprint density at radius 3 is 2.06 bits per heavy atom. The van der Waals surface area contributed by atoms with Crippen molar-refractivity contribution in [3.05, 3.63) is 24.7 Å². The van der Waals surface area contributed by atoms with E-state index in [1.54, 1.807) is 0 Å². The summed E-state index contributed by atoms with van der Waals surface area (Å²) in [5.74, 6) is 0. The van der Waals surface area contributed by atoms with Crippen LogP contribution < -0.4 is 0 Å². The van der Waals surface area contributed by atoms with Gasteiger partial charge in [0.1, 0.15) is 0 Å². The first-order valence-corrected chi connectivity index (χ1v) is 7.31. The smallest absolute Gasteiger partial charge is 0.0619 e. The van der Waals surface area contributed by atoms with Crippen molar-refractivity contribution in [3.63, 3.8) is 0 Å². The highest BCUT2D eigenvalue weighted by Crippen LogP contribution is 2.12. The van der Waals surface area contributed by atoms with E-state index in [1.807, 2.05) is 0 Å². The standard InChI is InChI=1S/C18H34/c1-3-5-7-9-11-13-15-17-18-16-14-12-10-8-6-4-2/h3,5,7H,1,4,6,8-18H2,2H3/i1D2,3D,5D,7D,9D2,11D2. The van der Waals surface area contributed by atoms with Crippen LogP contribution in [0.15, 0.2) is 24.7 Å². The summed E-state index contributed by atoms with van der Waals surface area (Å²) in [7, 11) is 0. The number of rotatable bonds is 14. The van der Waals surface area contributed by atoms with Gasteiger partial charge >= 0.3 is 0 Å². The first-order chi connectivity index (χ1) is 12.5. The van der Waals surface area contributed by atoms with Gasteiger partial charge in [-0.15, -0.1) is 0 Å². The van der Waals surface area contributed by atoms with Gasteiger partial charge < -0.3 is 0 Å². The molecular formula is C18H34. The number of hydrogen-bond donors (Lipinski definition) is 0. The molecule has 0 heteroatoms. The highest BCUT2D eigenvalue weighted by molar-refractivity contribution is 4.96. The van der Waals surface area contributed by atoms with Gasteiger partial charge in [0.2, 0.25) is 0 Å². The summed E-state index contributed by atoms with van der Waals surface area (Å²) in [6, 6.07) is -2.77. The monoisotopic (exact) mass is 259 g/mol. The van der Waals surface area contributed by atoms with Crippen LogP contribution >= 0.6 is 0 Å². The van der Waals surface area contributed by atoms with Crippen LogP contribution in [0.1, 0.15) is 103 Å². The molecule has 0 bridgehead atoms. The van der Waals surface area contributed by atoms with Crippen LogP contribution in [0.2, 0.25) is 0 Å². The Labute approximate surface area is 128 Å². The van der Waals surface area contributed by atoms with Gasteiger partial charge in [0.05, 0.1) is 6.85 Å². The van der Waals surface area contributed by atoms with Gasteiger partial charge in [-0.2, -0.15) is 0 Å². The second-order valence-corrected chi connectivity index (χ2v) is 4.61. The SMILES string of the molecule is [2H]C([2H])=C([2H])C([2H])=C([2H])C([2H])([2H])C([2H])([2H])CCCCCCCCCCCC. The molecule has 0 rings (SSSR count). The molecule has 0 aromatic carbocycles. The second kappa shape index (κ2) is 16.5. The van der Waals surface area contributed by atoms with E-state index in [9.17, 15) is 0 Å². The molecule has 0 heterocycles. The molecule has 0 unspecified atom stereocenters. The second-order valence-electron chi connectivity index (χ2n) is 4.61. The molecule has 0 aliphatic rings. The lowest BCUT2D eigenvalue weighted by Gasteiger charge is -2.02. The minimum Gasteiger partial charge on any atom is -0.0991 e. The Morgan fingerprint density at radius 1 is 0.944 bits per heavy atom. The summed E-state index contributed by atoms with van der Waals surface area (Å²) in [5, 5.41) is 0. The topological polar surface area (TPSA) is 0 Å². The highest BCUT2D eigenvalue weighted by Gasteiger charge is 1.92. The van der Waals surface area contributed by atoms with Crippen LogP contribution in [-0.4, -0.2) is 0 Å². The van der Waals surface area contributed by atoms with Crippen LogP contribution in [0, 0.1) is 0 Å². The van der Waals surface area contributed by atoms with E-state index in [-0.39, 0.29) is 6.42 Å². The fraction of sp³-hybridized carbons (Fsp3) is 0.778. The van der Waals surface area contributed by atoms with Crippen LogP contribution in [-0.2, 0) is 0 Å². The summed E-state index contributed by atoms with van der Waals surface area (Å²) in [6.45, 7) is 1.20. The maximum absolute atomic E-state index is 7.99. The normalized spacial score (nSPS) is 20.8. The zero-order chi connectivity index (χ0) is 21.1. The molecule has 18 heavy (non-hydrogen) atoms. The van der Waals surface area contributed by atoms with Crippen LogP contribution in [0.4, 0.5) is 0 Å². The van der Waals surface area contributed by atoms with Crippen molar-refractivity contribution in [1.82, 2.24) is 0 Å². The van der Waals surface area contributed by atoms with Gasteiger partial charge in [0.25, 0.3) is 0 Å². The predicted octanol–water partition coefficient (Wildman–Crippen LogP) is 6.82. The van der Waals surface area contributed by atoms with E-state index in [1.165, 1.54) is 38.5 Å². The summed E-state index contributed by atoms with van der Waals surface area (Å²) in [5.41, 5.74) is 0. The van der Waals surface area contributed by atoms with Gasteiger partial charge in [-0.3, -0.25) is 0 Å². The zero-order valence-corrected chi connectivity index (χ0v) is 11.8. The van der Waals surface area contributed by atoms with Gasteiger partial charge in [0, 0.05) is 5.48 Å². The fourth-order valence-corrected chi connectivity index (χ4v) is 1.87. The molecule has 0 aliphatic heterocycles. The van der Waals surface area contributed by atoms with Crippen molar-refractivity contribution in [2.75, 3.05) is 0 Å². The van der Waals surface area contributed by atoms with E-state index < -0.39 is 37.4 Å².